The van der Waals surface area contributed by atoms with Crippen LogP contribution in [0.15, 0.2) is 18.2 Å². The maximum atomic E-state index is 10.3. The molecule has 0 fully saturated rings. The molecule has 0 aliphatic carbocycles. The lowest BCUT2D eigenvalue weighted by atomic mass is 9.95. The number of hydrogen-bond acceptors (Lipinski definition) is 2. The van der Waals surface area contributed by atoms with Gasteiger partial charge in [0, 0.05) is 5.69 Å². The fourth-order valence-electron chi connectivity index (χ4n) is 1.84. The molecule has 1 rings (SSSR count). The van der Waals surface area contributed by atoms with E-state index in [0.29, 0.717) is 0 Å². The van der Waals surface area contributed by atoms with E-state index in [1.807, 2.05) is 19.2 Å². The van der Waals surface area contributed by atoms with Crippen LogP contribution in [0.4, 0.5) is 5.69 Å². The Morgan fingerprint density at radius 2 is 1.82 bits per heavy atom. The average Bonchev–Trinajstić information content (AvgIpc) is 2.18. The lowest BCUT2D eigenvalue weighted by Gasteiger charge is -2.35. The Morgan fingerprint density at radius 1 is 1.24 bits per heavy atom. The van der Waals surface area contributed by atoms with Crippen LogP contribution in [0.5, 0.6) is 0 Å². The summed E-state index contributed by atoms with van der Waals surface area (Å²) in [7, 11) is -2.15. The molecule has 0 aliphatic heterocycles. The highest BCUT2D eigenvalue weighted by Gasteiger charge is 2.38. The molecule has 1 aromatic rings. The van der Waals surface area contributed by atoms with Gasteiger partial charge in [0.25, 0.3) is 0 Å². The van der Waals surface area contributed by atoms with Crippen molar-refractivity contribution < 1.29 is 4.80 Å². The first kappa shape index (κ1) is 14.3. The lowest BCUT2D eigenvalue weighted by molar-refractivity contribution is 0.467. The smallest absolute Gasteiger partial charge is 0.188 e. The van der Waals surface area contributed by atoms with Crippen molar-refractivity contribution >= 4 is 14.0 Å². The van der Waals surface area contributed by atoms with Crippen LogP contribution in [0.3, 0.4) is 0 Å². The van der Waals surface area contributed by atoms with Crippen LogP contribution < -0.4 is 5.73 Å². The first-order chi connectivity index (χ1) is 7.67. The molecule has 2 nitrogen and oxygen atoms in total. The van der Waals surface area contributed by atoms with E-state index in [2.05, 4.69) is 32.9 Å². The molecular formula is C14H25NOSi. The van der Waals surface area contributed by atoms with Gasteiger partial charge >= 0.3 is 0 Å². The number of aryl methyl sites for hydroxylation is 1. The summed E-state index contributed by atoms with van der Waals surface area (Å²) in [6.07, 6.45) is 1.91. The van der Waals surface area contributed by atoms with E-state index in [1.165, 1.54) is 11.1 Å². The number of anilines is 1. The van der Waals surface area contributed by atoms with Crippen molar-refractivity contribution in [2.75, 3.05) is 5.73 Å². The van der Waals surface area contributed by atoms with E-state index in [4.69, 9.17) is 5.73 Å². The maximum Gasteiger partial charge on any atom is 0.188 e. The second-order valence-corrected chi connectivity index (χ2v) is 10.5. The molecule has 0 saturated carbocycles. The molecule has 0 radical (unpaired) electrons. The Hall–Kier alpha value is -0.803. The molecule has 0 spiro atoms. The van der Waals surface area contributed by atoms with Crippen molar-refractivity contribution in [2.45, 2.75) is 51.7 Å². The van der Waals surface area contributed by atoms with E-state index in [1.54, 1.807) is 0 Å². The van der Waals surface area contributed by atoms with Crippen molar-refractivity contribution in [1.29, 1.82) is 0 Å². The lowest BCUT2D eigenvalue weighted by Crippen LogP contribution is -2.40. The van der Waals surface area contributed by atoms with E-state index in [0.717, 1.165) is 18.5 Å². The molecule has 0 saturated heterocycles. The second kappa shape index (κ2) is 4.82. The minimum absolute atomic E-state index is 0.0208. The van der Waals surface area contributed by atoms with Gasteiger partial charge in [-0.25, -0.2) is 0 Å². The fourth-order valence-corrected chi connectivity index (χ4v) is 2.46. The zero-order valence-corrected chi connectivity index (χ0v) is 12.7. The Labute approximate surface area is 106 Å². The quantitative estimate of drug-likeness (QED) is 0.637. The summed E-state index contributed by atoms with van der Waals surface area (Å²) in [6.45, 7) is 10.5. The molecule has 0 aromatic heterocycles. The predicted molar refractivity (Wildman–Crippen MR) is 77.7 cm³/mol. The summed E-state index contributed by atoms with van der Waals surface area (Å²) >= 11 is 0. The Kier molecular flexibility index (Phi) is 4.05. The van der Waals surface area contributed by atoms with E-state index in [-0.39, 0.29) is 5.04 Å². The standard InChI is InChI=1S/C14H25NOSi/c1-6-11-9-13(15)8-7-12(11)10-14(2,3)17(4,5)16/h7-9,16H,6,10,15H2,1-5H3. The number of nitrogen functional groups attached to an aromatic ring is 1. The zero-order chi connectivity index (χ0) is 13.3. The molecule has 0 aliphatic rings. The van der Waals surface area contributed by atoms with E-state index < -0.39 is 8.32 Å². The molecule has 17 heavy (non-hydrogen) atoms. The van der Waals surface area contributed by atoms with Gasteiger partial charge in [0.15, 0.2) is 8.32 Å². The van der Waals surface area contributed by atoms with Crippen LogP contribution in [0, 0.1) is 0 Å². The van der Waals surface area contributed by atoms with Gasteiger partial charge in [0.2, 0.25) is 0 Å². The monoisotopic (exact) mass is 251 g/mol. The summed E-state index contributed by atoms with van der Waals surface area (Å²) in [4.78, 5) is 10.3. The number of rotatable bonds is 4. The Balaban J connectivity index is 3.03. The zero-order valence-electron chi connectivity index (χ0n) is 11.7. The first-order valence-electron chi connectivity index (χ1n) is 6.27. The average molecular weight is 251 g/mol. The van der Waals surface area contributed by atoms with Gasteiger partial charge in [-0.05, 0) is 54.2 Å². The van der Waals surface area contributed by atoms with Gasteiger partial charge in [-0.1, -0.05) is 26.8 Å². The van der Waals surface area contributed by atoms with Crippen LogP contribution in [-0.4, -0.2) is 13.1 Å². The molecule has 0 unspecified atom stereocenters. The number of nitrogens with two attached hydrogens (primary N) is 1. The van der Waals surface area contributed by atoms with Crippen molar-refractivity contribution in [1.82, 2.24) is 0 Å². The van der Waals surface area contributed by atoms with Crippen LogP contribution in [0.2, 0.25) is 18.1 Å². The van der Waals surface area contributed by atoms with Gasteiger partial charge in [0.05, 0.1) is 0 Å². The summed E-state index contributed by atoms with van der Waals surface area (Å²) in [5.41, 5.74) is 9.26. The SMILES string of the molecule is CCc1cc(N)ccc1CC(C)(C)[Si](C)(C)O. The highest BCUT2D eigenvalue weighted by molar-refractivity contribution is 6.72. The van der Waals surface area contributed by atoms with E-state index in [9.17, 15) is 4.80 Å². The van der Waals surface area contributed by atoms with Crippen LogP contribution >= 0.6 is 0 Å². The number of benzene rings is 1. The third kappa shape index (κ3) is 3.33. The Bertz CT molecular complexity index is 394. The Morgan fingerprint density at radius 3 is 2.29 bits per heavy atom. The fraction of sp³-hybridized carbons (Fsp3) is 0.571. The van der Waals surface area contributed by atoms with E-state index >= 15 is 0 Å². The van der Waals surface area contributed by atoms with Gasteiger partial charge in [0.1, 0.15) is 0 Å². The summed E-state index contributed by atoms with van der Waals surface area (Å²) in [5, 5.41) is -0.0208. The molecule has 96 valence electrons. The summed E-state index contributed by atoms with van der Waals surface area (Å²) in [6, 6.07) is 6.11. The maximum absolute atomic E-state index is 10.3. The van der Waals surface area contributed by atoms with Gasteiger partial charge in [-0.15, -0.1) is 0 Å². The van der Waals surface area contributed by atoms with Crippen molar-refractivity contribution in [3.05, 3.63) is 29.3 Å². The largest absolute Gasteiger partial charge is 0.432 e. The topological polar surface area (TPSA) is 46.2 Å². The van der Waals surface area contributed by atoms with Crippen LogP contribution in [0.1, 0.15) is 31.9 Å². The van der Waals surface area contributed by atoms with Gasteiger partial charge in [-0.3, -0.25) is 0 Å². The van der Waals surface area contributed by atoms with Crippen molar-refractivity contribution in [3.8, 4) is 0 Å². The molecule has 3 heteroatoms. The first-order valence-corrected chi connectivity index (χ1v) is 9.22. The third-order valence-electron chi connectivity index (χ3n) is 3.90. The molecule has 0 heterocycles. The number of hydrogen-bond donors (Lipinski definition) is 2. The summed E-state index contributed by atoms with van der Waals surface area (Å²) in [5.74, 6) is 0. The van der Waals surface area contributed by atoms with Gasteiger partial charge in [-0.2, -0.15) is 0 Å². The predicted octanol–water partition coefficient (Wildman–Crippen LogP) is 3.35. The highest BCUT2D eigenvalue weighted by atomic mass is 28.4. The normalized spacial score (nSPS) is 12.8. The summed E-state index contributed by atoms with van der Waals surface area (Å²) < 4.78 is 0. The van der Waals surface area contributed by atoms with Gasteiger partial charge < -0.3 is 10.5 Å². The molecule has 0 amide bonds. The second-order valence-electron chi connectivity index (χ2n) is 6.00. The van der Waals surface area contributed by atoms with Crippen LogP contribution in [0.25, 0.3) is 0 Å². The minimum Gasteiger partial charge on any atom is -0.432 e. The minimum atomic E-state index is -2.15. The molecule has 1 aromatic carbocycles. The highest BCUT2D eigenvalue weighted by Crippen LogP contribution is 2.39. The van der Waals surface area contributed by atoms with Crippen molar-refractivity contribution in [3.63, 3.8) is 0 Å². The third-order valence-corrected chi connectivity index (χ3v) is 7.39. The molecular weight excluding hydrogens is 226 g/mol. The molecule has 3 N–H and O–H groups in total. The molecule has 0 bridgehead atoms. The van der Waals surface area contributed by atoms with Crippen LogP contribution in [-0.2, 0) is 12.8 Å². The molecule has 0 atom stereocenters. The van der Waals surface area contributed by atoms with Crippen molar-refractivity contribution in [2.24, 2.45) is 0 Å².